The second kappa shape index (κ2) is 8.16. The molecule has 1 aromatic heterocycles. The fourth-order valence-electron chi connectivity index (χ4n) is 1.63. The molecule has 1 N–H and O–H groups in total. The van der Waals surface area contributed by atoms with Crippen LogP contribution in [0.4, 0.5) is 5.82 Å². The summed E-state index contributed by atoms with van der Waals surface area (Å²) in [5.74, 6) is 2.46. The van der Waals surface area contributed by atoms with E-state index in [4.69, 9.17) is 4.74 Å². The summed E-state index contributed by atoms with van der Waals surface area (Å²) in [6, 6.07) is 0. The molecular weight excluding hydrogens is 248 g/mol. The Morgan fingerprint density at radius 2 is 2.06 bits per heavy atom. The maximum Gasteiger partial charge on any atom is 0.193 e. The lowest BCUT2D eigenvalue weighted by Crippen LogP contribution is -2.25. The molecular formula is C12H22N4OS. The molecule has 102 valence electrons. The SMILES string of the molecule is CCN(CC)CCSc1ncnc(NC)c1OC. The Hall–Kier alpha value is -1.01. The van der Waals surface area contributed by atoms with Crippen LogP contribution in [0.1, 0.15) is 13.8 Å². The fraction of sp³-hybridized carbons (Fsp3) is 0.667. The van der Waals surface area contributed by atoms with Crippen molar-refractivity contribution in [3.05, 3.63) is 6.33 Å². The molecule has 0 radical (unpaired) electrons. The summed E-state index contributed by atoms with van der Waals surface area (Å²) in [5, 5.41) is 3.90. The number of aromatic nitrogens is 2. The third-order valence-corrected chi connectivity index (χ3v) is 3.70. The van der Waals surface area contributed by atoms with E-state index in [0.717, 1.165) is 42.0 Å². The Labute approximate surface area is 113 Å². The normalized spacial score (nSPS) is 10.7. The van der Waals surface area contributed by atoms with E-state index in [1.807, 2.05) is 7.05 Å². The van der Waals surface area contributed by atoms with Crippen LogP contribution in [0.3, 0.4) is 0 Å². The van der Waals surface area contributed by atoms with Gasteiger partial charge in [-0.05, 0) is 13.1 Å². The summed E-state index contributed by atoms with van der Waals surface area (Å²) in [5.41, 5.74) is 0. The molecule has 0 spiro atoms. The van der Waals surface area contributed by atoms with Gasteiger partial charge in [-0.1, -0.05) is 13.8 Å². The highest BCUT2D eigenvalue weighted by Gasteiger charge is 2.11. The minimum atomic E-state index is 0.726. The molecule has 0 fully saturated rings. The third-order valence-electron chi connectivity index (χ3n) is 2.75. The van der Waals surface area contributed by atoms with Crippen LogP contribution in [0.5, 0.6) is 5.75 Å². The average molecular weight is 270 g/mol. The number of hydrogen-bond donors (Lipinski definition) is 1. The molecule has 18 heavy (non-hydrogen) atoms. The predicted molar refractivity (Wildman–Crippen MR) is 76.6 cm³/mol. The number of nitrogens with one attached hydrogen (secondary N) is 1. The number of nitrogens with zero attached hydrogens (tertiary/aromatic N) is 3. The fourth-order valence-corrected chi connectivity index (χ4v) is 2.61. The van der Waals surface area contributed by atoms with Gasteiger partial charge in [0.25, 0.3) is 0 Å². The Morgan fingerprint density at radius 1 is 1.33 bits per heavy atom. The van der Waals surface area contributed by atoms with Crippen LogP contribution in [-0.2, 0) is 0 Å². The number of thioether (sulfide) groups is 1. The zero-order chi connectivity index (χ0) is 13.4. The first-order chi connectivity index (χ1) is 8.76. The first-order valence-electron chi connectivity index (χ1n) is 6.18. The van der Waals surface area contributed by atoms with Crippen molar-refractivity contribution in [3.8, 4) is 5.75 Å². The highest BCUT2D eigenvalue weighted by molar-refractivity contribution is 7.99. The van der Waals surface area contributed by atoms with Gasteiger partial charge in [0.05, 0.1) is 7.11 Å². The summed E-state index contributed by atoms with van der Waals surface area (Å²) < 4.78 is 5.36. The monoisotopic (exact) mass is 270 g/mol. The van der Waals surface area contributed by atoms with Gasteiger partial charge >= 0.3 is 0 Å². The van der Waals surface area contributed by atoms with Crippen molar-refractivity contribution in [2.75, 3.05) is 44.9 Å². The molecule has 0 saturated carbocycles. The molecule has 0 aliphatic rings. The second-order valence-corrected chi connectivity index (χ2v) is 4.77. The van der Waals surface area contributed by atoms with E-state index in [1.54, 1.807) is 25.2 Å². The van der Waals surface area contributed by atoms with Gasteiger partial charge < -0.3 is 15.0 Å². The molecule has 0 bridgehead atoms. The number of methoxy groups -OCH3 is 1. The largest absolute Gasteiger partial charge is 0.490 e. The lowest BCUT2D eigenvalue weighted by molar-refractivity contribution is 0.323. The van der Waals surface area contributed by atoms with Gasteiger partial charge in [0.15, 0.2) is 11.6 Å². The molecule has 0 aliphatic heterocycles. The third kappa shape index (κ3) is 4.03. The molecule has 0 aromatic carbocycles. The molecule has 0 unspecified atom stereocenters. The van der Waals surface area contributed by atoms with Crippen molar-refractivity contribution in [1.29, 1.82) is 0 Å². The highest BCUT2D eigenvalue weighted by Crippen LogP contribution is 2.31. The molecule has 0 aliphatic carbocycles. The summed E-state index contributed by atoms with van der Waals surface area (Å²) in [6.07, 6.45) is 1.56. The first kappa shape index (κ1) is 15.0. The summed E-state index contributed by atoms with van der Waals surface area (Å²) in [4.78, 5) is 10.8. The van der Waals surface area contributed by atoms with E-state index < -0.39 is 0 Å². The molecule has 0 amide bonds. The number of anilines is 1. The second-order valence-electron chi connectivity index (χ2n) is 3.69. The molecule has 6 heteroatoms. The maximum absolute atomic E-state index is 5.36. The summed E-state index contributed by atoms with van der Waals surface area (Å²) in [7, 11) is 3.48. The number of rotatable bonds is 8. The van der Waals surface area contributed by atoms with Crippen LogP contribution in [-0.4, -0.2) is 54.4 Å². The van der Waals surface area contributed by atoms with Crippen LogP contribution >= 0.6 is 11.8 Å². The Kier molecular flexibility index (Phi) is 6.82. The van der Waals surface area contributed by atoms with E-state index in [1.165, 1.54) is 0 Å². The van der Waals surface area contributed by atoms with Gasteiger partial charge in [0, 0.05) is 19.3 Å². The molecule has 1 heterocycles. The Balaban J connectivity index is 2.61. The van der Waals surface area contributed by atoms with Crippen molar-refractivity contribution < 1.29 is 4.74 Å². The van der Waals surface area contributed by atoms with Gasteiger partial charge in [-0.15, -0.1) is 11.8 Å². The summed E-state index contributed by atoms with van der Waals surface area (Å²) >= 11 is 1.70. The van der Waals surface area contributed by atoms with Crippen molar-refractivity contribution in [2.45, 2.75) is 18.9 Å². The van der Waals surface area contributed by atoms with E-state index in [2.05, 4.69) is 34.0 Å². The zero-order valence-electron chi connectivity index (χ0n) is 11.6. The lowest BCUT2D eigenvalue weighted by Gasteiger charge is -2.17. The summed E-state index contributed by atoms with van der Waals surface area (Å²) in [6.45, 7) is 7.58. The van der Waals surface area contributed by atoms with Crippen LogP contribution in [0.2, 0.25) is 0 Å². The minimum absolute atomic E-state index is 0.726. The van der Waals surface area contributed by atoms with Crippen LogP contribution in [0.25, 0.3) is 0 Å². The van der Waals surface area contributed by atoms with E-state index in [-0.39, 0.29) is 0 Å². The van der Waals surface area contributed by atoms with Gasteiger partial charge in [-0.2, -0.15) is 0 Å². The Bertz CT molecular complexity index is 358. The van der Waals surface area contributed by atoms with Crippen molar-refractivity contribution >= 4 is 17.6 Å². The standard InChI is InChI=1S/C12H22N4OS/c1-5-16(6-2)7-8-18-12-10(17-4)11(13-3)14-9-15-12/h9H,5-8H2,1-4H3,(H,13,14,15). The number of hydrogen-bond acceptors (Lipinski definition) is 6. The maximum atomic E-state index is 5.36. The number of ether oxygens (including phenoxy) is 1. The highest BCUT2D eigenvalue weighted by atomic mass is 32.2. The van der Waals surface area contributed by atoms with Gasteiger partial charge in [0.1, 0.15) is 11.4 Å². The molecule has 5 nitrogen and oxygen atoms in total. The van der Waals surface area contributed by atoms with Gasteiger partial charge in [-0.3, -0.25) is 0 Å². The van der Waals surface area contributed by atoms with E-state index in [9.17, 15) is 0 Å². The molecule has 0 atom stereocenters. The average Bonchev–Trinajstić information content (AvgIpc) is 2.43. The zero-order valence-corrected chi connectivity index (χ0v) is 12.4. The molecule has 1 aromatic rings. The van der Waals surface area contributed by atoms with Crippen LogP contribution < -0.4 is 10.1 Å². The van der Waals surface area contributed by atoms with Crippen LogP contribution in [0, 0.1) is 0 Å². The Morgan fingerprint density at radius 3 is 2.61 bits per heavy atom. The van der Waals surface area contributed by atoms with Gasteiger partial charge in [0.2, 0.25) is 0 Å². The quantitative estimate of drug-likeness (QED) is 0.575. The molecule has 0 saturated heterocycles. The first-order valence-corrected chi connectivity index (χ1v) is 7.17. The van der Waals surface area contributed by atoms with E-state index in [0.29, 0.717) is 0 Å². The smallest absolute Gasteiger partial charge is 0.193 e. The van der Waals surface area contributed by atoms with Gasteiger partial charge in [-0.25, -0.2) is 9.97 Å². The lowest BCUT2D eigenvalue weighted by atomic mass is 10.5. The molecule has 1 rings (SSSR count). The van der Waals surface area contributed by atoms with E-state index >= 15 is 0 Å². The van der Waals surface area contributed by atoms with Crippen molar-refractivity contribution in [1.82, 2.24) is 14.9 Å². The minimum Gasteiger partial charge on any atom is -0.490 e. The topological polar surface area (TPSA) is 50.3 Å². The van der Waals surface area contributed by atoms with Crippen molar-refractivity contribution in [2.24, 2.45) is 0 Å². The predicted octanol–water partition coefficient (Wildman–Crippen LogP) is 1.96. The van der Waals surface area contributed by atoms with Crippen molar-refractivity contribution in [3.63, 3.8) is 0 Å². The van der Waals surface area contributed by atoms with Crippen LogP contribution in [0.15, 0.2) is 11.4 Å².